The van der Waals surface area contributed by atoms with Crippen LogP contribution in [-0.2, 0) is 9.59 Å². The van der Waals surface area contributed by atoms with Crippen LogP contribution in [0.5, 0.6) is 5.75 Å². The molecule has 2 aromatic carbocycles. The molecule has 1 atom stereocenters. The van der Waals surface area contributed by atoms with E-state index in [2.05, 4.69) is 10.3 Å². The van der Waals surface area contributed by atoms with Gasteiger partial charge in [-0.25, -0.2) is 4.98 Å². The van der Waals surface area contributed by atoms with Gasteiger partial charge in [-0.05, 0) is 49.8 Å². The van der Waals surface area contributed by atoms with Gasteiger partial charge in [0.05, 0.1) is 24.0 Å². The fourth-order valence-corrected chi connectivity index (χ4v) is 3.84. The van der Waals surface area contributed by atoms with Crippen molar-refractivity contribution >= 4 is 40.0 Å². The van der Waals surface area contributed by atoms with Gasteiger partial charge in [-0.3, -0.25) is 14.5 Å². The topological polar surface area (TPSA) is 71.5 Å². The largest absolute Gasteiger partial charge is 0.494 e. The Morgan fingerprint density at radius 2 is 1.87 bits per heavy atom. The van der Waals surface area contributed by atoms with Crippen LogP contribution in [-0.4, -0.2) is 23.4 Å². The van der Waals surface area contributed by atoms with Crippen LogP contribution in [0.25, 0.3) is 6.08 Å². The van der Waals surface area contributed by atoms with E-state index in [0.29, 0.717) is 17.4 Å². The third-order valence-electron chi connectivity index (χ3n) is 4.49. The molecule has 0 bridgehead atoms. The van der Waals surface area contributed by atoms with Gasteiger partial charge >= 0.3 is 0 Å². The molecule has 6 nitrogen and oxygen atoms in total. The molecule has 2 amide bonds. The summed E-state index contributed by atoms with van der Waals surface area (Å²) in [7, 11) is 0. The molecule has 1 aromatic heterocycles. The Kier molecular flexibility index (Phi) is 7.56. The third-order valence-corrected chi connectivity index (χ3v) is 5.33. The number of hydrogen-bond donors (Lipinski definition) is 1. The van der Waals surface area contributed by atoms with Crippen LogP contribution in [0, 0.1) is 0 Å². The maximum absolute atomic E-state index is 12.3. The first-order chi connectivity index (χ1) is 15.0. The molecule has 0 aliphatic carbocycles. The van der Waals surface area contributed by atoms with Crippen molar-refractivity contribution in [3.05, 3.63) is 77.3 Å². The minimum absolute atomic E-state index is 0.127. The molecule has 1 heterocycles. The van der Waals surface area contributed by atoms with E-state index in [1.807, 2.05) is 73.8 Å². The summed E-state index contributed by atoms with van der Waals surface area (Å²) in [6.07, 6.45) is 3.09. The molecule has 0 saturated heterocycles. The van der Waals surface area contributed by atoms with Crippen LogP contribution in [0.2, 0.25) is 0 Å². The standard InChI is InChI=1S/C24H25N3O3S/c1-4-30-22-13-10-19(11-14-22)17(2)25-23(29)15-12-20-16-31-24(26-20)27(18(3)28)21-8-6-5-7-9-21/h5-17H,4H2,1-3H3,(H,25,29). The van der Waals surface area contributed by atoms with E-state index >= 15 is 0 Å². The van der Waals surface area contributed by atoms with Gasteiger partial charge in [-0.2, -0.15) is 0 Å². The van der Waals surface area contributed by atoms with Gasteiger partial charge in [-0.1, -0.05) is 30.3 Å². The van der Waals surface area contributed by atoms with Crippen LogP contribution < -0.4 is 15.0 Å². The van der Waals surface area contributed by atoms with Crippen LogP contribution in [0.4, 0.5) is 10.8 Å². The number of aromatic nitrogens is 1. The summed E-state index contributed by atoms with van der Waals surface area (Å²) in [5.41, 5.74) is 2.36. The quantitative estimate of drug-likeness (QED) is 0.499. The second-order valence-electron chi connectivity index (χ2n) is 6.81. The fourth-order valence-electron chi connectivity index (χ4n) is 2.98. The summed E-state index contributed by atoms with van der Waals surface area (Å²) in [6.45, 7) is 5.98. The van der Waals surface area contributed by atoms with Crippen LogP contribution in [0.3, 0.4) is 0 Å². The number of rotatable bonds is 8. The monoisotopic (exact) mass is 435 g/mol. The van der Waals surface area contributed by atoms with Gasteiger partial charge in [0.15, 0.2) is 5.13 Å². The van der Waals surface area contributed by atoms with Crippen LogP contribution in [0.15, 0.2) is 66.1 Å². The first kappa shape index (κ1) is 22.2. The molecule has 7 heteroatoms. The Morgan fingerprint density at radius 3 is 2.52 bits per heavy atom. The van der Waals surface area contributed by atoms with Gasteiger partial charge < -0.3 is 10.1 Å². The zero-order valence-corrected chi connectivity index (χ0v) is 18.6. The zero-order chi connectivity index (χ0) is 22.2. The lowest BCUT2D eigenvalue weighted by atomic mass is 10.1. The lowest BCUT2D eigenvalue weighted by Gasteiger charge is -2.17. The van der Waals surface area contributed by atoms with Gasteiger partial charge in [0.25, 0.3) is 0 Å². The predicted octanol–water partition coefficient (Wildman–Crippen LogP) is 5.12. The Balaban J connectivity index is 1.63. The van der Waals surface area contributed by atoms with Crippen molar-refractivity contribution in [1.82, 2.24) is 10.3 Å². The molecule has 0 radical (unpaired) electrons. The summed E-state index contributed by atoms with van der Waals surface area (Å²) in [6, 6.07) is 16.9. The summed E-state index contributed by atoms with van der Waals surface area (Å²) in [5, 5.41) is 5.31. The predicted molar refractivity (Wildman–Crippen MR) is 125 cm³/mol. The highest BCUT2D eigenvalue weighted by Gasteiger charge is 2.17. The van der Waals surface area contributed by atoms with Crippen molar-refractivity contribution in [3.63, 3.8) is 0 Å². The van der Waals surface area contributed by atoms with Crippen LogP contribution >= 0.6 is 11.3 Å². The smallest absolute Gasteiger partial charge is 0.244 e. The molecular formula is C24H25N3O3S. The summed E-state index contributed by atoms with van der Waals surface area (Å²) >= 11 is 1.35. The maximum Gasteiger partial charge on any atom is 0.244 e. The van der Waals surface area contributed by atoms with Gasteiger partial charge in [0.2, 0.25) is 11.8 Å². The lowest BCUT2D eigenvalue weighted by Crippen LogP contribution is -2.24. The van der Waals surface area contributed by atoms with Gasteiger partial charge in [-0.15, -0.1) is 11.3 Å². The number of amides is 2. The molecule has 0 fully saturated rings. The second kappa shape index (κ2) is 10.5. The SMILES string of the molecule is CCOc1ccc(C(C)NC(=O)C=Cc2csc(N(C(C)=O)c3ccccc3)n2)cc1. The van der Waals surface area contributed by atoms with E-state index < -0.39 is 0 Å². The molecule has 31 heavy (non-hydrogen) atoms. The molecule has 0 aliphatic heterocycles. The number of ether oxygens (including phenoxy) is 1. The molecule has 1 unspecified atom stereocenters. The first-order valence-corrected chi connectivity index (χ1v) is 10.9. The molecule has 0 aliphatic rings. The number of hydrogen-bond acceptors (Lipinski definition) is 5. The third kappa shape index (κ3) is 6.02. The Labute approximate surface area is 186 Å². The minimum atomic E-state index is -0.220. The lowest BCUT2D eigenvalue weighted by molar-refractivity contribution is -0.117. The molecule has 3 rings (SSSR count). The number of anilines is 2. The number of nitrogens with zero attached hydrogens (tertiary/aromatic N) is 2. The Hall–Kier alpha value is -3.45. The van der Waals surface area contributed by atoms with Gasteiger partial charge in [0.1, 0.15) is 5.75 Å². The van der Waals surface area contributed by atoms with E-state index in [1.165, 1.54) is 24.3 Å². The number of carbonyl (C=O) groups excluding carboxylic acids is 2. The number of benzene rings is 2. The number of para-hydroxylation sites is 1. The first-order valence-electron chi connectivity index (χ1n) is 10.0. The van der Waals surface area contributed by atoms with Gasteiger partial charge in [0, 0.05) is 18.4 Å². The average molecular weight is 436 g/mol. The highest BCUT2D eigenvalue weighted by molar-refractivity contribution is 7.14. The van der Waals surface area contributed by atoms with Crippen molar-refractivity contribution in [2.45, 2.75) is 26.8 Å². The highest BCUT2D eigenvalue weighted by Crippen LogP contribution is 2.29. The Morgan fingerprint density at radius 1 is 1.16 bits per heavy atom. The summed E-state index contributed by atoms with van der Waals surface area (Å²) in [5.74, 6) is 0.458. The van der Waals surface area contributed by atoms with Crippen molar-refractivity contribution < 1.29 is 14.3 Å². The van der Waals surface area contributed by atoms with E-state index in [4.69, 9.17) is 4.74 Å². The summed E-state index contributed by atoms with van der Waals surface area (Å²) in [4.78, 5) is 30.5. The van der Waals surface area contributed by atoms with Crippen molar-refractivity contribution in [2.24, 2.45) is 0 Å². The second-order valence-corrected chi connectivity index (χ2v) is 7.65. The van der Waals surface area contributed by atoms with E-state index in [1.54, 1.807) is 11.0 Å². The molecule has 1 N–H and O–H groups in total. The molecular weight excluding hydrogens is 410 g/mol. The number of thiazole rings is 1. The summed E-state index contributed by atoms with van der Waals surface area (Å²) < 4.78 is 5.44. The highest BCUT2D eigenvalue weighted by atomic mass is 32.1. The van der Waals surface area contributed by atoms with E-state index in [-0.39, 0.29) is 17.9 Å². The van der Waals surface area contributed by atoms with Crippen molar-refractivity contribution in [2.75, 3.05) is 11.5 Å². The van der Waals surface area contributed by atoms with Crippen LogP contribution in [0.1, 0.15) is 38.1 Å². The fraction of sp³-hybridized carbons (Fsp3) is 0.208. The average Bonchev–Trinajstić information content (AvgIpc) is 3.22. The maximum atomic E-state index is 12.3. The number of nitrogens with one attached hydrogen (secondary N) is 1. The molecule has 0 spiro atoms. The van der Waals surface area contributed by atoms with E-state index in [9.17, 15) is 9.59 Å². The molecule has 3 aromatic rings. The molecule has 160 valence electrons. The van der Waals surface area contributed by atoms with Crippen molar-refractivity contribution in [3.8, 4) is 5.75 Å². The van der Waals surface area contributed by atoms with E-state index in [0.717, 1.165) is 17.0 Å². The zero-order valence-electron chi connectivity index (χ0n) is 17.7. The normalized spacial score (nSPS) is 11.8. The number of carbonyl (C=O) groups is 2. The van der Waals surface area contributed by atoms with Crippen molar-refractivity contribution in [1.29, 1.82) is 0 Å². The molecule has 0 saturated carbocycles. The minimum Gasteiger partial charge on any atom is -0.494 e. The Bertz CT molecular complexity index is 1050.